The Hall–Kier alpha value is -3.07. The van der Waals surface area contributed by atoms with Crippen molar-refractivity contribution >= 4 is 28.1 Å². The summed E-state index contributed by atoms with van der Waals surface area (Å²) in [7, 11) is 0. The van der Waals surface area contributed by atoms with Gasteiger partial charge in [0.05, 0.1) is 16.3 Å². The van der Waals surface area contributed by atoms with Crippen LogP contribution in [0.4, 0.5) is 10.8 Å². The Labute approximate surface area is 147 Å². The first kappa shape index (κ1) is 16.8. The second-order valence-electron chi connectivity index (χ2n) is 5.28. The number of nitrogens with one attached hydrogen (secondary N) is 1. The van der Waals surface area contributed by atoms with Crippen LogP contribution in [0.25, 0.3) is 11.3 Å². The van der Waals surface area contributed by atoms with E-state index in [0.29, 0.717) is 23.1 Å². The molecular weight excluding hydrogens is 342 g/mol. The molecule has 0 aliphatic carbocycles. The van der Waals surface area contributed by atoms with Crippen LogP contribution in [-0.4, -0.2) is 25.6 Å². The van der Waals surface area contributed by atoms with Crippen molar-refractivity contribution in [1.29, 1.82) is 0 Å². The van der Waals surface area contributed by atoms with E-state index in [1.165, 1.54) is 23.5 Å². The van der Waals surface area contributed by atoms with Gasteiger partial charge in [0, 0.05) is 29.6 Å². The van der Waals surface area contributed by atoms with Crippen LogP contribution in [-0.2, 0) is 6.54 Å². The third kappa shape index (κ3) is 3.56. The summed E-state index contributed by atoms with van der Waals surface area (Å²) in [5, 5.41) is 20.0. The lowest BCUT2D eigenvalue weighted by atomic mass is 10.1. The number of amides is 1. The molecule has 0 atom stereocenters. The summed E-state index contributed by atoms with van der Waals surface area (Å²) in [5.41, 5.74) is 2.67. The molecule has 8 nitrogen and oxygen atoms in total. The molecule has 128 valence electrons. The molecule has 0 bridgehead atoms. The standard InChI is InChI=1S/C16H15N5O3S/c1-3-20-14(8-10(2)19-20)15(22)18-16-17-13(9-25-16)11-4-6-12(7-5-11)21(23)24/h4-9H,3H2,1-2H3,(H,17,18,22). The summed E-state index contributed by atoms with van der Waals surface area (Å²) in [6, 6.07) is 7.84. The zero-order valence-corrected chi connectivity index (χ0v) is 14.4. The third-order valence-electron chi connectivity index (χ3n) is 3.53. The van der Waals surface area contributed by atoms with Crippen molar-refractivity contribution in [2.45, 2.75) is 20.4 Å². The predicted octanol–water partition coefficient (Wildman–Crippen LogP) is 3.50. The number of hydrogen-bond donors (Lipinski definition) is 1. The van der Waals surface area contributed by atoms with Gasteiger partial charge >= 0.3 is 0 Å². The summed E-state index contributed by atoms with van der Waals surface area (Å²) in [5.74, 6) is -0.271. The van der Waals surface area contributed by atoms with Gasteiger partial charge in [-0.3, -0.25) is 24.9 Å². The van der Waals surface area contributed by atoms with E-state index < -0.39 is 4.92 Å². The minimum Gasteiger partial charge on any atom is -0.296 e. The van der Waals surface area contributed by atoms with Crippen LogP contribution in [0.1, 0.15) is 23.1 Å². The van der Waals surface area contributed by atoms with E-state index >= 15 is 0 Å². The number of carbonyl (C=O) groups excluding carboxylic acids is 1. The second kappa shape index (κ2) is 6.81. The van der Waals surface area contributed by atoms with Gasteiger partial charge in [-0.15, -0.1) is 11.3 Å². The number of anilines is 1. The Balaban J connectivity index is 1.77. The maximum absolute atomic E-state index is 12.4. The van der Waals surface area contributed by atoms with Crippen LogP contribution < -0.4 is 5.32 Å². The van der Waals surface area contributed by atoms with Crippen molar-refractivity contribution in [3.63, 3.8) is 0 Å². The molecule has 0 aliphatic heterocycles. The largest absolute Gasteiger partial charge is 0.296 e. The number of rotatable bonds is 5. The van der Waals surface area contributed by atoms with Gasteiger partial charge in [-0.2, -0.15) is 5.10 Å². The smallest absolute Gasteiger partial charge is 0.275 e. The lowest BCUT2D eigenvalue weighted by Gasteiger charge is -2.03. The van der Waals surface area contributed by atoms with Gasteiger partial charge in [0.1, 0.15) is 5.69 Å². The highest BCUT2D eigenvalue weighted by atomic mass is 32.1. The topological polar surface area (TPSA) is 103 Å². The fraction of sp³-hybridized carbons (Fsp3) is 0.188. The maximum Gasteiger partial charge on any atom is 0.275 e. The molecule has 0 unspecified atom stereocenters. The Morgan fingerprint density at radius 2 is 2.08 bits per heavy atom. The highest BCUT2D eigenvalue weighted by Gasteiger charge is 2.15. The minimum absolute atomic E-state index is 0.0238. The van der Waals surface area contributed by atoms with Crippen molar-refractivity contribution in [1.82, 2.24) is 14.8 Å². The van der Waals surface area contributed by atoms with Gasteiger partial charge in [-0.1, -0.05) is 0 Å². The lowest BCUT2D eigenvalue weighted by Crippen LogP contribution is -2.17. The van der Waals surface area contributed by atoms with E-state index in [1.807, 2.05) is 13.8 Å². The minimum atomic E-state index is -0.449. The Morgan fingerprint density at radius 1 is 1.36 bits per heavy atom. The van der Waals surface area contributed by atoms with Gasteiger partial charge in [0.25, 0.3) is 11.6 Å². The van der Waals surface area contributed by atoms with E-state index in [-0.39, 0.29) is 11.6 Å². The fourth-order valence-electron chi connectivity index (χ4n) is 2.35. The molecule has 2 heterocycles. The first-order valence-corrected chi connectivity index (χ1v) is 8.42. The Kier molecular flexibility index (Phi) is 4.57. The predicted molar refractivity (Wildman–Crippen MR) is 94.8 cm³/mol. The Bertz CT molecular complexity index is 930. The zero-order valence-electron chi connectivity index (χ0n) is 13.6. The molecule has 1 amide bonds. The first-order chi connectivity index (χ1) is 12.0. The average molecular weight is 357 g/mol. The van der Waals surface area contributed by atoms with Crippen LogP contribution >= 0.6 is 11.3 Å². The number of hydrogen-bond acceptors (Lipinski definition) is 6. The summed E-state index contributed by atoms with van der Waals surface area (Å²) in [6.07, 6.45) is 0. The van der Waals surface area contributed by atoms with E-state index in [0.717, 1.165) is 11.3 Å². The number of thiazole rings is 1. The number of aromatic nitrogens is 3. The van der Waals surface area contributed by atoms with Gasteiger partial charge < -0.3 is 0 Å². The lowest BCUT2D eigenvalue weighted by molar-refractivity contribution is -0.384. The number of carbonyl (C=O) groups is 1. The van der Waals surface area contributed by atoms with Crippen LogP contribution in [0.3, 0.4) is 0 Å². The number of benzene rings is 1. The highest BCUT2D eigenvalue weighted by molar-refractivity contribution is 7.14. The monoisotopic (exact) mass is 357 g/mol. The molecule has 0 fully saturated rings. The average Bonchev–Trinajstić information content (AvgIpc) is 3.21. The highest BCUT2D eigenvalue weighted by Crippen LogP contribution is 2.26. The van der Waals surface area contributed by atoms with E-state index in [1.54, 1.807) is 28.3 Å². The van der Waals surface area contributed by atoms with E-state index in [9.17, 15) is 14.9 Å². The third-order valence-corrected chi connectivity index (χ3v) is 4.29. The van der Waals surface area contributed by atoms with Crippen LogP contribution in [0.5, 0.6) is 0 Å². The van der Waals surface area contributed by atoms with Crippen LogP contribution in [0.15, 0.2) is 35.7 Å². The van der Waals surface area contributed by atoms with Gasteiger partial charge in [0.2, 0.25) is 0 Å². The molecular formula is C16H15N5O3S. The summed E-state index contributed by atoms with van der Waals surface area (Å²) < 4.78 is 1.63. The number of nitro benzene ring substituents is 1. The van der Waals surface area contributed by atoms with E-state index in [2.05, 4.69) is 15.4 Å². The van der Waals surface area contributed by atoms with E-state index in [4.69, 9.17) is 0 Å². The van der Waals surface area contributed by atoms with Gasteiger partial charge in [0.15, 0.2) is 5.13 Å². The van der Waals surface area contributed by atoms with Crippen molar-refractivity contribution in [3.8, 4) is 11.3 Å². The number of aryl methyl sites for hydroxylation is 2. The number of non-ortho nitro benzene ring substituents is 1. The first-order valence-electron chi connectivity index (χ1n) is 7.54. The molecule has 3 rings (SSSR count). The molecule has 0 spiro atoms. The Morgan fingerprint density at radius 3 is 2.72 bits per heavy atom. The second-order valence-corrected chi connectivity index (χ2v) is 6.14. The molecule has 0 radical (unpaired) electrons. The molecule has 9 heteroatoms. The number of nitrogens with zero attached hydrogens (tertiary/aromatic N) is 4. The normalized spacial score (nSPS) is 10.6. The fourth-order valence-corrected chi connectivity index (χ4v) is 3.06. The molecule has 3 aromatic rings. The van der Waals surface area contributed by atoms with Crippen molar-refractivity contribution in [2.24, 2.45) is 0 Å². The quantitative estimate of drug-likeness (QED) is 0.556. The molecule has 0 aliphatic rings. The van der Waals surface area contributed by atoms with Crippen molar-refractivity contribution < 1.29 is 9.72 Å². The summed E-state index contributed by atoms with van der Waals surface area (Å²) >= 11 is 1.29. The summed E-state index contributed by atoms with van der Waals surface area (Å²) in [6.45, 7) is 4.35. The maximum atomic E-state index is 12.4. The molecule has 1 N–H and O–H groups in total. The molecule has 0 saturated heterocycles. The number of nitro groups is 1. The van der Waals surface area contributed by atoms with Crippen LogP contribution in [0.2, 0.25) is 0 Å². The summed E-state index contributed by atoms with van der Waals surface area (Å²) in [4.78, 5) is 27.0. The molecule has 0 saturated carbocycles. The van der Waals surface area contributed by atoms with Gasteiger partial charge in [-0.25, -0.2) is 4.98 Å². The van der Waals surface area contributed by atoms with Gasteiger partial charge in [-0.05, 0) is 32.0 Å². The zero-order chi connectivity index (χ0) is 18.0. The SMILES string of the molecule is CCn1nc(C)cc1C(=O)Nc1nc(-c2ccc([N+](=O)[O-])cc2)cs1. The molecule has 1 aromatic carbocycles. The van der Waals surface area contributed by atoms with Crippen molar-refractivity contribution in [3.05, 3.63) is 57.2 Å². The van der Waals surface area contributed by atoms with Crippen LogP contribution in [0, 0.1) is 17.0 Å². The van der Waals surface area contributed by atoms with Crippen molar-refractivity contribution in [2.75, 3.05) is 5.32 Å². The molecule has 25 heavy (non-hydrogen) atoms. The molecule has 2 aromatic heterocycles.